The van der Waals surface area contributed by atoms with Gasteiger partial charge in [0.15, 0.2) is 0 Å². The number of hydrogen-bond acceptors (Lipinski definition) is 0. The minimum absolute atomic E-state index is 0.820. The molecule has 8 bridgehead atoms. The lowest BCUT2D eigenvalue weighted by Crippen LogP contribution is -3.56. The second-order valence-corrected chi connectivity index (χ2v) is 45.8. The van der Waals surface area contributed by atoms with Gasteiger partial charge < -0.3 is 0 Å². The SMILES string of the molecule is C1CCCC2CCCC3C4C5C6C7C8C9C%10CC%11C%12C%13C%14CC%15C%16C%17C%18C%19CC%20CC6(C56CCC5CC%21CC%19C%19CC%21CC5%21CCC46C34C2C2C3C5C6C%22C(CCC1)C%19C%22C6C5%21C3C24)C71C2C%203C%18C%174C%165C%15%14C%136C%127C%10%11C9%10C81C21C34C56C%1071. The lowest BCUT2D eigenvalue weighted by atomic mass is 8.45. The molecule has 402 valence electrons. The van der Waals surface area contributed by atoms with Gasteiger partial charge in [0.05, 0.1) is 0 Å². The summed E-state index contributed by atoms with van der Waals surface area (Å²) in [5.41, 5.74) is 19.9. The van der Waals surface area contributed by atoms with Crippen molar-refractivity contribution in [1.29, 1.82) is 0 Å². The molecule has 0 nitrogen and oxygen atoms in total. The Kier molecular flexibility index (Phi) is 3.23. The smallest absolute Gasteiger partial charge is 0.000804 e. The summed E-state index contributed by atoms with van der Waals surface area (Å²) < 4.78 is 0. The Balaban J connectivity index is 0.673. The summed E-state index contributed by atoms with van der Waals surface area (Å²) in [4.78, 5) is 0. The van der Waals surface area contributed by atoms with E-state index in [1.807, 2.05) is 77.0 Å². The largest absolute Gasteiger partial charge is 0.0533 e. The summed E-state index contributed by atoms with van der Waals surface area (Å²) in [7, 11) is 0. The molecule has 40 fully saturated rings. The molecule has 0 aliphatic heterocycles. The molecule has 58 atom stereocenters. The highest BCUT2D eigenvalue weighted by molar-refractivity contribution is 6.03. The lowest BCUT2D eigenvalue weighted by molar-refractivity contribution is -1.13. The summed E-state index contributed by atoms with van der Waals surface area (Å²) in [6, 6.07) is 0. The van der Waals surface area contributed by atoms with Gasteiger partial charge in [-0.3, -0.25) is 0 Å². The first-order valence-electron chi connectivity index (χ1n) is 39.7. The van der Waals surface area contributed by atoms with E-state index in [1.165, 1.54) is 225 Å². The molecule has 20 spiro atoms. The van der Waals surface area contributed by atoms with Crippen molar-refractivity contribution in [3.63, 3.8) is 0 Å². The van der Waals surface area contributed by atoms with Crippen molar-refractivity contribution in [2.24, 2.45) is 333 Å². The van der Waals surface area contributed by atoms with Crippen LogP contribution in [0.4, 0.5) is 0 Å². The molecule has 58 unspecified atom stereocenters. The Hall–Kier alpha value is 0. The van der Waals surface area contributed by atoms with Gasteiger partial charge in [0.25, 0.3) is 0 Å². The van der Waals surface area contributed by atoms with Gasteiger partial charge in [0, 0.05) is 0 Å². The second-order valence-electron chi connectivity index (χ2n) is 45.8. The molecule has 40 aliphatic carbocycles. The quantitative estimate of drug-likeness (QED) is 0.227. The van der Waals surface area contributed by atoms with Crippen molar-refractivity contribution in [1.82, 2.24) is 0 Å². The van der Waals surface area contributed by atoms with E-state index in [9.17, 15) is 0 Å². The first-order chi connectivity index (χ1) is 39.7. The van der Waals surface area contributed by atoms with Gasteiger partial charge >= 0.3 is 0 Å². The van der Waals surface area contributed by atoms with Gasteiger partial charge in [-0.2, -0.15) is 0 Å². The second kappa shape index (κ2) is 7.33. The van der Waals surface area contributed by atoms with Crippen molar-refractivity contribution in [2.45, 2.75) is 141 Å². The maximum Gasteiger partial charge on any atom is -0.000804 e. The van der Waals surface area contributed by atoms with Crippen molar-refractivity contribution in [3.05, 3.63) is 0 Å². The Morgan fingerprint density at radius 1 is 0.275 bits per heavy atom. The lowest BCUT2D eigenvalue weighted by Gasteiger charge is -3.57. The van der Waals surface area contributed by atoms with Gasteiger partial charge in [-0.05, 0) is 423 Å². The Morgan fingerprint density at radius 3 is 1.94 bits per heavy atom. The van der Waals surface area contributed by atoms with Gasteiger partial charge in [0.2, 0.25) is 0 Å². The average Bonchev–Trinajstić information content (AvgIpc) is 0.446. The molecule has 0 aromatic heterocycles. The van der Waals surface area contributed by atoms with Crippen LogP contribution in [-0.2, 0) is 0 Å². The van der Waals surface area contributed by atoms with E-state index < -0.39 is 0 Å². The molecule has 80 heavy (non-hydrogen) atoms. The van der Waals surface area contributed by atoms with E-state index >= 15 is 0 Å². The zero-order chi connectivity index (χ0) is 47.5. The van der Waals surface area contributed by atoms with Gasteiger partial charge in [-0.25, -0.2) is 0 Å². The molecule has 0 aromatic rings. The summed E-state index contributed by atoms with van der Waals surface area (Å²) in [6.07, 6.45) is 39.7. The van der Waals surface area contributed by atoms with Crippen molar-refractivity contribution < 1.29 is 0 Å². The van der Waals surface area contributed by atoms with Crippen LogP contribution in [0.15, 0.2) is 0 Å². The van der Waals surface area contributed by atoms with Crippen LogP contribution >= 0.6 is 0 Å². The molecule has 0 heteroatoms. The molecule has 0 saturated heterocycles. The Morgan fingerprint density at radius 2 is 1.01 bits per heavy atom. The van der Waals surface area contributed by atoms with E-state index in [4.69, 9.17) is 0 Å². The van der Waals surface area contributed by atoms with Gasteiger partial charge in [0.1, 0.15) is 0 Å². The minimum atomic E-state index is 0.820. The number of rotatable bonds is 0. The van der Waals surface area contributed by atoms with Crippen LogP contribution in [0, 0.1) is 333 Å². The topological polar surface area (TPSA) is 0 Å². The van der Waals surface area contributed by atoms with Crippen LogP contribution in [0.25, 0.3) is 0 Å². The summed E-state index contributed by atoms with van der Waals surface area (Å²) in [5, 5.41) is 0. The monoisotopic (exact) mass is 1040 g/mol. The third-order valence-corrected chi connectivity index (χ3v) is 55.0. The molecular formula is C80H82. The molecule has 40 rings (SSSR count). The molecule has 0 radical (unpaired) electrons. The standard InChI is InChI=1S/C80H82/c1-2-4-7-23-8-6-10-32-45-55-56-57-58-49-36-20-34-46-47-33-19-35-48-54-39-31-18-27-22-64(56,71(57)60-65(27)59(39)70(54)72(48)68(33,35)76(47)75(46)69(34,36)74(49)73(58,71)77(60)78(65,70)80(72,76)79(74,75)77)62(55)12-11-26-15-24-16-29(31)30-17-25(24)21-61(26)13-14-63(45,62)66(32)44(23)42-43-51-41-38-28(9-5-3-1)37(30)40(38)50(41)67(51,61)53(43)52(42)66/h23-60H,1-22H2. The molecule has 0 N–H and O–H groups in total. The van der Waals surface area contributed by atoms with E-state index in [-0.39, 0.29) is 0 Å². The third-order valence-electron chi connectivity index (χ3n) is 55.0. The van der Waals surface area contributed by atoms with Crippen LogP contribution in [0.2, 0.25) is 0 Å². The van der Waals surface area contributed by atoms with Crippen molar-refractivity contribution in [2.75, 3.05) is 0 Å². The highest BCUT2D eigenvalue weighted by Crippen LogP contribution is 3.59. The maximum absolute atomic E-state index is 2.02. The van der Waals surface area contributed by atoms with Crippen molar-refractivity contribution >= 4 is 0 Å². The fourth-order valence-corrected chi connectivity index (χ4v) is 63.8. The van der Waals surface area contributed by atoms with E-state index in [0.29, 0.717) is 0 Å². The normalized spacial score (nSPS) is 106. The molecule has 40 saturated carbocycles. The van der Waals surface area contributed by atoms with Crippen LogP contribution in [0.3, 0.4) is 0 Å². The fraction of sp³-hybridized carbons (Fsp3) is 1.00. The highest BCUT2D eigenvalue weighted by Gasteiger charge is 3.58. The summed E-state index contributed by atoms with van der Waals surface area (Å²) in [6.45, 7) is 0. The van der Waals surface area contributed by atoms with E-state index in [0.717, 1.165) is 108 Å². The maximum atomic E-state index is 2.02. The van der Waals surface area contributed by atoms with Gasteiger partial charge in [-0.1, -0.05) is 51.4 Å². The zero-order valence-electron chi connectivity index (χ0n) is 47.5. The van der Waals surface area contributed by atoms with Crippen LogP contribution < -0.4 is 0 Å². The van der Waals surface area contributed by atoms with Crippen molar-refractivity contribution in [3.8, 4) is 0 Å². The van der Waals surface area contributed by atoms with E-state index in [2.05, 4.69) is 0 Å². The van der Waals surface area contributed by atoms with Crippen LogP contribution in [-0.4, -0.2) is 0 Å². The highest BCUT2D eigenvalue weighted by atomic mass is 15.6. The van der Waals surface area contributed by atoms with E-state index in [1.54, 1.807) is 64.2 Å². The van der Waals surface area contributed by atoms with Gasteiger partial charge in [-0.15, -0.1) is 0 Å². The predicted octanol–water partition coefficient (Wildman–Crippen LogP) is 13.3. The third kappa shape index (κ3) is 1.39. The molecular weight excluding hydrogens is 961 g/mol. The zero-order valence-corrected chi connectivity index (χ0v) is 47.5. The minimum Gasteiger partial charge on any atom is -0.0533 e. The first kappa shape index (κ1) is 35.3. The van der Waals surface area contributed by atoms with Crippen LogP contribution in [0.5, 0.6) is 0 Å². The molecule has 40 aliphatic rings. The number of hydrogen-bond donors (Lipinski definition) is 0. The summed E-state index contributed by atoms with van der Waals surface area (Å²) in [5.74, 6) is 49.1. The Labute approximate surface area is 471 Å². The predicted molar refractivity (Wildman–Crippen MR) is 283 cm³/mol. The van der Waals surface area contributed by atoms with Crippen LogP contribution in [0.1, 0.15) is 141 Å². The summed E-state index contributed by atoms with van der Waals surface area (Å²) >= 11 is 0. The molecule has 0 heterocycles. The first-order valence-corrected chi connectivity index (χ1v) is 39.7. The number of fused-ring (bicyclic) bond motifs is 14. The molecule has 0 aromatic carbocycles. The molecule has 0 amide bonds. The fourth-order valence-electron chi connectivity index (χ4n) is 63.8. The Bertz CT molecular complexity index is 4100. The average molecular weight is 1040 g/mol.